The Hall–Kier alpha value is -1.89. The van der Waals surface area contributed by atoms with Gasteiger partial charge in [-0.1, -0.05) is 74.0 Å². The number of carboxylic acid groups (broad SMARTS) is 1. The fourth-order valence-corrected chi connectivity index (χ4v) is 12.6. The average molecular weight is 763 g/mol. The molecule has 1 unspecified atom stereocenters. The number of rotatable bonds is 9. The number of hydrogen-bond donors (Lipinski definition) is 2. The number of nitrogens with zero attached hydrogens (tertiary/aromatic N) is 4. The number of carboxylic acids is 1. The summed E-state index contributed by atoms with van der Waals surface area (Å²) in [6, 6.07) is -0.368. The second kappa shape index (κ2) is 12.3. The highest BCUT2D eigenvalue weighted by molar-refractivity contribution is 9.10. The lowest BCUT2D eigenvalue weighted by molar-refractivity contribution is -0.394. The van der Waals surface area contributed by atoms with Crippen LogP contribution in [0.2, 0.25) is 0 Å². The molecule has 50 heavy (non-hydrogen) atoms. The molecule has 3 saturated carbocycles. The molecule has 5 aliphatic rings. The molecule has 3 N–H and O–H groups in total. The minimum Gasteiger partial charge on any atom is -0.481 e. The highest BCUT2D eigenvalue weighted by atomic mass is 79.9. The zero-order valence-corrected chi connectivity index (χ0v) is 33.4. The van der Waals surface area contributed by atoms with Crippen LogP contribution in [-0.2, 0) is 14.3 Å². The smallest absolute Gasteiger partial charge is 0.481 e. The fourth-order valence-electron chi connectivity index (χ4n) is 12.1. The first-order valence-corrected chi connectivity index (χ1v) is 19.6. The van der Waals surface area contributed by atoms with Crippen molar-refractivity contribution >= 4 is 27.8 Å². The first-order chi connectivity index (χ1) is 23.1. The lowest BCUT2D eigenvalue weighted by atomic mass is 9.34. The van der Waals surface area contributed by atoms with Crippen LogP contribution in [0.15, 0.2) is 16.4 Å². The third-order valence-electron chi connectivity index (χ3n) is 16.0. The molecule has 0 radical (unpaired) electrons. The van der Waals surface area contributed by atoms with Gasteiger partial charge < -0.3 is 30.4 Å². The maximum atomic E-state index is 13.5. The molecule has 1 saturated heterocycles. The molecule has 12 atom stereocenters. The number of hydrogen-bond acceptors (Lipinski definition) is 8. The molecule has 12 heteroatoms. The molecular weight excluding hydrogens is 702 g/mol. The molecule has 2 heterocycles. The summed E-state index contributed by atoms with van der Waals surface area (Å²) in [4.78, 5) is 29.0. The molecule has 4 fully saturated rings. The zero-order valence-electron chi connectivity index (χ0n) is 31.8. The highest BCUT2D eigenvalue weighted by Crippen LogP contribution is 2.75. The molecule has 2 bridgehead atoms. The minimum atomic E-state index is -0.672. The number of fused-ring (bicyclic) bond motifs is 3. The highest BCUT2D eigenvalue weighted by Gasteiger charge is 2.72. The monoisotopic (exact) mass is 761 g/mol. The zero-order chi connectivity index (χ0) is 37.0. The number of nitro groups is 1. The third-order valence-corrected chi connectivity index (χ3v) is 16.6. The van der Waals surface area contributed by atoms with Gasteiger partial charge in [0.25, 0.3) is 4.73 Å². The molecule has 1 aromatic rings. The van der Waals surface area contributed by atoms with Gasteiger partial charge in [-0.2, -0.15) is 4.68 Å². The topological polar surface area (TPSA) is 156 Å². The number of nitrogens with two attached hydrogens (primary N) is 1. The van der Waals surface area contributed by atoms with E-state index in [0.717, 1.165) is 25.7 Å². The fraction of sp³-hybridized carbons (Fsp3) is 0.868. The van der Waals surface area contributed by atoms with Gasteiger partial charge in [-0.3, -0.25) is 4.79 Å². The van der Waals surface area contributed by atoms with E-state index in [1.165, 1.54) is 5.57 Å². The third kappa shape index (κ3) is 5.22. The van der Waals surface area contributed by atoms with Gasteiger partial charge in [0.05, 0.1) is 37.9 Å². The van der Waals surface area contributed by atoms with E-state index < -0.39 is 39.1 Å². The van der Waals surface area contributed by atoms with E-state index in [4.69, 9.17) is 15.2 Å². The number of aromatic nitrogens is 3. The van der Waals surface area contributed by atoms with Gasteiger partial charge in [-0.15, -0.1) is 0 Å². The van der Waals surface area contributed by atoms with Crippen molar-refractivity contribution in [3.8, 4) is 0 Å². The Morgan fingerprint density at radius 2 is 1.86 bits per heavy atom. The van der Waals surface area contributed by atoms with Crippen LogP contribution in [0.3, 0.4) is 0 Å². The number of ether oxygens (including phenoxy) is 2. The van der Waals surface area contributed by atoms with Crippen molar-refractivity contribution in [1.82, 2.24) is 14.8 Å². The van der Waals surface area contributed by atoms with Gasteiger partial charge in [-0.25, -0.2) is 0 Å². The van der Waals surface area contributed by atoms with E-state index in [0.29, 0.717) is 43.3 Å². The molecule has 0 amide bonds. The predicted molar refractivity (Wildman–Crippen MR) is 194 cm³/mol. The van der Waals surface area contributed by atoms with Crippen LogP contribution in [0.5, 0.6) is 0 Å². The summed E-state index contributed by atoms with van der Waals surface area (Å²) in [7, 11) is 0. The average Bonchev–Trinajstić information content (AvgIpc) is 3.41. The van der Waals surface area contributed by atoms with Crippen molar-refractivity contribution in [1.29, 1.82) is 0 Å². The first kappa shape index (κ1) is 37.9. The van der Waals surface area contributed by atoms with Crippen LogP contribution in [0.1, 0.15) is 114 Å². The van der Waals surface area contributed by atoms with Crippen LogP contribution < -0.4 is 5.73 Å². The second-order valence-corrected chi connectivity index (χ2v) is 19.6. The quantitative estimate of drug-likeness (QED) is 0.145. The van der Waals surface area contributed by atoms with Crippen molar-refractivity contribution in [3.05, 3.63) is 26.5 Å². The standard InChI is InChI=1S/C38H60BrN5O6/c1-21(2)23(5)33(6)15-16-35(8)24-11-12-27-34(7)18-49-20-38(27,25(24)13-14-36(35,9)28(33)30(45)46)17-26(29(34)50-19-37(10,40)22(3)4)43-31(39)41-32(42-43)44(47)48/h13,21-24,26-29H,11-12,14-20,40H2,1-10H3,(H,45,46)/t23-,24+,26-,27+,28-,29+,33-,34?,35-,36+,37+,38+/m1/s1. The summed E-state index contributed by atoms with van der Waals surface area (Å²) < 4.78 is 15.6. The van der Waals surface area contributed by atoms with E-state index in [9.17, 15) is 20.0 Å². The summed E-state index contributed by atoms with van der Waals surface area (Å²) in [6.07, 6.45) is 7.17. The molecule has 1 aliphatic heterocycles. The van der Waals surface area contributed by atoms with Crippen LogP contribution in [0.4, 0.5) is 5.95 Å². The van der Waals surface area contributed by atoms with Crippen LogP contribution in [0.25, 0.3) is 0 Å². The Balaban J connectivity index is 1.48. The molecular formula is C38H60BrN5O6. The van der Waals surface area contributed by atoms with Crippen molar-refractivity contribution < 1.29 is 24.3 Å². The Labute approximate surface area is 306 Å². The van der Waals surface area contributed by atoms with E-state index >= 15 is 0 Å². The van der Waals surface area contributed by atoms with Gasteiger partial charge >= 0.3 is 11.9 Å². The maximum Gasteiger partial charge on any atom is 0.492 e. The van der Waals surface area contributed by atoms with E-state index in [-0.39, 0.29) is 52.1 Å². The van der Waals surface area contributed by atoms with Gasteiger partial charge in [0.2, 0.25) is 0 Å². The number of halogens is 1. The molecule has 11 nitrogen and oxygen atoms in total. The molecule has 280 valence electrons. The Morgan fingerprint density at radius 1 is 1.18 bits per heavy atom. The van der Waals surface area contributed by atoms with Crippen molar-refractivity contribution in [2.75, 3.05) is 19.8 Å². The van der Waals surface area contributed by atoms with Crippen LogP contribution in [-0.4, -0.2) is 62.2 Å². The van der Waals surface area contributed by atoms with E-state index in [1.54, 1.807) is 4.68 Å². The normalized spacial score (nSPS) is 42.9. The maximum absolute atomic E-state index is 13.5. The number of aliphatic carboxylic acids is 1. The van der Waals surface area contributed by atoms with Gasteiger partial charge in [0.15, 0.2) is 0 Å². The molecule has 0 spiro atoms. The largest absolute Gasteiger partial charge is 0.492 e. The molecule has 0 aromatic carbocycles. The SMILES string of the molecule is CC(C)[C@@H](C)[C@@]1(C)CC[C@]2(C)[C@H]3CC[C@H]4C5(C)COC[C@@]4(C[C@@H](n4nc([N+](=O)[O-])nc4Br)[C@@H]5OC[C@](C)(N)C(C)C)C3=CC[C@@]2(C)[C@@H]1C(=O)O. The lowest BCUT2D eigenvalue weighted by Gasteiger charge is -2.71. The molecule has 1 aromatic heterocycles. The van der Waals surface area contributed by atoms with Gasteiger partial charge in [0, 0.05) is 37.4 Å². The van der Waals surface area contributed by atoms with Gasteiger partial charge in [0.1, 0.15) is 0 Å². The van der Waals surface area contributed by atoms with E-state index in [1.807, 2.05) is 6.92 Å². The summed E-state index contributed by atoms with van der Waals surface area (Å²) in [6.45, 7) is 23.4. The molecule has 6 rings (SSSR count). The van der Waals surface area contributed by atoms with Crippen LogP contribution in [0, 0.1) is 72.7 Å². The van der Waals surface area contributed by atoms with E-state index in [2.05, 4.69) is 94.4 Å². The number of carbonyl (C=O) groups is 1. The van der Waals surface area contributed by atoms with Crippen molar-refractivity contribution in [2.24, 2.45) is 68.3 Å². The Kier molecular flexibility index (Phi) is 9.34. The minimum absolute atomic E-state index is 0.173. The molecule has 4 aliphatic carbocycles. The Morgan fingerprint density at radius 3 is 2.44 bits per heavy atom. The summed E-state index contributed by atoms with van der Waals surface area (Å²) in [5, 5.41) is 27.4. The second-order valence-electron chi connectivity index (χ2n) is 18.9. The van der Waals surface area contributed by atoms with Gasteiger partial charge in [-0.05, 0) is 101 Å². The Bertz CT molecular complexity index is 1560. The lowest BCUT2D eigenvalue weighted by Crippen LogP contribution is -2.69. The predicted octanol–water partition coefficient (Wildman–Crippen LogP) is 7.84. The van der Waals surface area contributed by atoms with Crippen molar-refractivity contribution in [2.45, 2.75) is 125 Å². The summed E-state index contributed by atoms with van der Waals surface area (Å²) >= 11 is 3.53. The van der Waals surface area contributed by atoms with Crippen molar-refractivity contribution in [3.63, 3.8) is 0 Å². The first-order valence-electron chi connectivity index (χ1n) is 18.8. The number of allylic oxidation sites excluding steroid dienone is 1. The summed E-state index contributed by atoms with van der Waals surface area (Å²) in [5.74, 6) is -0.327. The summed E-state index contributed by atoms with van der Waals surface area (Å²) in [5.41, 5.74) is 5.80. The van der Waals surface area contributed by atoms with Crippen LogP contribution >= 0.6 is 15.9 Å².